The van der Waals surface area contributed by atoms with Crippen LogP contribution < -0.4 is 0 Å². The van der Waals surface area contributed by atoms with Gasteiger partial charge in [-0.1, -0.05) is 62.7 Å². The van der Waals surface area contributed by atoms with Crippen molar-refractivity contribution in [2.45, 2.75) is 46.5 Å². The molecule has 2 heteroatoms. The van der Waals surface area contributed by atoms with E-state index >= 15 is 0 Å². The standard InChI is InChI=1S/C15H21BrO/c1-10(2)8-14(17)11-6-7-12(13(16)9-11)15(3,4)5/h6-7,9-10H,8H2,1-5H3. The summed E-state index contributed by atoms with van der Waals surface area (Å²) in [5.74, 6) is 0.629. The van der Waals surface area contributed by atoms with Gasteiger partial charge in [0, 0.05) is 16.5 Å². The highest BCUT2D eigenvalue weighted by Gasteiger charge is 2.18. The average Bonchev–Trinajstić information content (AvgIpc) is 2.14. The van der Waals surface area contributed by atoms with Gasteiger partial charge in [-0.05, 0) is 23.0 Å². The van der Waals surface area contributed by atoms with Gasteiger partial charge in [0.05, 0.1) is 0 Å². The lowest BCUT2D eigenvalue weighted by molar-refractivity contribution is 0.0967. The van der Waals surface area contributed by atoms with E-state index in [-0.39, 0.29) is 11.2 Å². The Morgan fingerprint density at radius 3 is 2.29 bits per heavy atom. The van der Waals surface area contributed by atoms with E-state index in [0.29, 0.717) is 12.3 Å². The van der Waals surface area contributed by atoms with Crippen molar-refractivity contribution in [3.05, 3.63) is 33.8 Å². The third kappa shape index (κ3) is 3.95. The molecule has 1 nitrogen and oxygen atoms in total. The molecule has 0 spiro atoms. The lowest BCUT2D eigenvalue weighted by Gasteiger charge is -2.21. The summed E-state index contributed by atoms with van der Waals surface area (Å²) >= 11 is 3.57. The second-order valence-electron chi connectivity index (χ2n) is 5.97. The molecule has 0 aliphatic carbocycles. The van der Waals surface area contributed by atoms with Crippen molar-refractivity contribution >= 4 is 21.7 Å². The van der Waals surface area contributed by atoms with Crippen LogP contribution in [-0.4, -0.2) is 5.78 Å². The summed E-state index contributed by atoms with van der Waals surface area (Å²) in [6.45, 7) is 10.6. The number of rotatable bonds is 3. The molecule has 0 N–H and O–H groups in total. The molecule has 0 heterocycles. The smallest absolute Gasteiger partial charge is 0.163 e. The van der Waals surface area contributed by atoms with Gasteiger partial charge < -0.3 is 0 Å². The van der Waals surface area contributed by atoms with Gasteiger partial charge in [-0.2, -0.15) is 0 Å². The van der Waals surface area contributed by atoms with Crippen LogP contribution in [0.3, 0.4) is 0 Å². The summed E-state index contributed by atoms with van der Waals surface area (Å²) in [7, 11) is 0. The van der Waals surface area contributed by atoms with Crippen molar-refractivity contribution in [3.8, 4) is 0 Å². The first kappa shape index (κ1) is 14.4. The normalized spacial score (nSPS) is 11.9. The molecule has 0 aliphatic heterocycles. The number of hydrogen-bond acceptors (Lipinski definition) is 1. The summed E-state index contributed by atoms with van der Waals surface area (Å²) in [5.41, 5.74) is 2.13. The maximum atomic E-state index is 11.9. The molecule has 0 fully saturated rings. The molecule has 0 bridgehead atoms. The molecular formula is C15H21BrO. The zero-order valence-corrected chi connectivity index (χ0v) is 12.9. The van der Waals surface area contributed by atoms with Crippen molar-refractivity contribution < 1.29 is 4.79 Å². The summed E-state index contributed by atoms with van der Waals surface area (Å²) in [4.78, 5) is 11.9. The molecule has 1 aromatic carbocycles. The van der Waals surface area contributed by atoms with Crippen LogP contribution in [0, 0.1) is 5.92 Å². The number of carbonyl (C=O) groups is 1. The van der Waals surface area contributed by atoms with Crippen LogP contribution in [0.4, 0.5) is 0 Å². The molecule has 1 aromatic rings. The van der Waals surface area contributed by atoms with Crippen molar-refractivity contribution in [2.24, 2.45) is 5.92 Å². The number of carbonyl (C=O) groups excluding carboxylic acids is 1. The predicted octanol–water partition coefficient (Wildman–Crippen LogP) is 4.98. The van der Waals surface area contributed by atoms with Crippen LogP contribution in [0.1, 0.15) is 57.0 Å². The van der Waals surface area contributed by atoms with E-state index in [0.717, 1.165) is 10.0 Å². The Labute approximate surface area is 113 Å². The van der Waals surface area contributed by atoms with E-state index in [1.165, 1.54) is 5.56 Å². The number of hydrogen-bond donors (Lipinski definition) is 0. The molecular weight excluding hydrogens is 276 g/mol. The Balaban J connectivity index is 3.01. The average molecular weight is 297 g/mol. The maximum Gasteiger partial charge on any atom is 0.163 e. The lowest BCUT2D eigenvalue weighted by atomic mass is 9.86. The largest absolute Gasteiger partial charge is 0.294 e. The van der Waals surface area contributed by atoms with Crippen LogP contribution in [0.25, 0.3) is 0 Å². The van der Waals surface area contributed by atoms with Gasteiger partial charge in [-0.25, -0.2) is 0 Å². The van der Waals surface area contributed by atoms with Gasteiger partial charge in [0.2, 0.25) is 0 Å². The molecule has 0 aliphatic rings. The number of Topliss-reactive ketones (excluding diaryl/α,β-unsaturated/α-hetero) is 1. The van der Waals surface area contributed by atoms with E-state index in [1.807, 2.05) is 12.1 Å². The second kappa shape index (κ2) is 5.34. The van der Waals surface area contributed by atoms with Crippen LogP contribution in [0.5, 0.6) is 0 Å². The fourth-order valence-corrected chi connectivity index (χ4v) is 2.76. The fraction of sp³-hybridized carbons (Fsp3) is 0.533. The van der Waals surface area contributed by atoms with Crippen LogP contribution >= 0.6 is 15.9 Å². The van der Waals surface area contributed by atoms with Gasteiger partial charge in [0.15, 0.2) is 5.78 Å². The van der Waals surface area contributed by atoms with E-state index in [4.69, 9.17) is 0 Å². The monoisotopic (exact) mass is 296 g/mol. The number of ketones is 1. The Bertz CT molecular complexity index is 413. The molecule has 17 heavy (non-hydrogen) atoms. The topological polar surface area (TPSA) is 17.1 Å². The number of benzene rings is 1. The first-order valence-electron chi connectivity index (χ1n) is 6.05. The highest BCUT2D eigenvalue weighted by Crippen LogP contribution is 2.30. The molecule has 0 atom stereocenters. The Hall–Kier alpha value is -0.630. The van der Waals surface area contributed by atoms with Crippen molar-refractivity contribution in [1.29, 1.82) is 0 Å². The Morgan fingerprint density at radius 1 is 1.29 bits per heavy atom. The summed E-state index contributed by atoms with van der Waals surface area (Å²) < 4.78 is 1.03. The molecule has 0 saturated heterocycles. The Kier molecular flexibility index (Phi) is 4.54. The summed E-state index contributed by atoms with van der Waals surface area (Å²) in [6, 6.07) is 5.94. The molecule has 0 saturated carbocycles. The Morgan fingerprint density at radius 2 is 1.88 bits per heavy atom. The quantitative estimate of drug-likeness (QED) is 0.719. The molecule has 0 aromatic heterocycles. The SMILES string of the molecule is CC(C)CC(=O)c1ccc(C(C)(C)C)c(Br)c1. The van der Waals surface area contributed by atoms with Gasteiger partial charge in [0.25, 0.3) is 0 Å². The van der Waals surface area contributed by atoms with Crippen molar-refractivity contribution in [2.75, 3.05) is 0 Å². The van der Waals surface area contributed by atoms with Crippen LogP contribution in [0.15, 0.2) is 22.7 Å². The summed E-state index contributed by atoms with van der Waals surface area (Å²) in [6.07, 6.45) is 0.612. The third-order valence-electron chi connectivity index (χ3n) is 2.69. The summed E-state index contributed by atoms with van der Waals surface area (Å²) in [5, 5.41) is 0. The predicted molar refractivity (Wildman–Crippen MR) is 76.6 cm³/mol. The van der Waals surface area contributed by atoms with Gasteiger partial charge in [-0.15, -0.1) is 0 Å². The van der Waals surface area contributed by atoms with E-state index < -0.39 is 0 Å². The zero-order chi connectivity index (χ0) is 13.2. The molecule has 0 amide bonds. The molecule has 0 radical (unpaired) electrons. The highest BCUT2D eigenvalue weighted by molar-refractivity contribution is 9.10. The molecule has 0 unspecified atom stereocenters. The van der Waals surface area contributed by atoms with Crippen molar-refractivity contribution in [3.63, 3.8) is 0 Å². The molecule has 94 valence electrons. The third-order valence-corrected chi connectivity index (χ3v) is 3.35. The van der Waals surface area contributed by atoms with Crippen molar-refractivity contribution in [1.82, 2.24) is 0 Å². The zero-order valence-electron chi connectivity index (χ0n) is 11.3. The maximum absolute atomic E-state index is 11.9. The minimum Gasteiger partial charge on any atom is -0.294 e. The van der Waals surface area contributed by atoms with E-state index in [2.05, 4.69) is 56.6 Å². The second-order valence-corrected chi connectivity index (χ2v) is 6.82. The minimum absolute atomic E-state index is 0.0957. The minimum atomic E-state index is 0.0957. The fourth-order valence-electron chi connectivity index (χ4n) is 1.79. The van der Waals surface area contributed by atoms with Crippen LogP contribution in [-0.2, 0) is 5.41 Å². The van der Waals surface area contributed by atoms with Gasteiger partial charge in [-0.3, -0.25) is 4.79 Å². The van der Waals surface area contributed by atoms with E-state index in [1.54, 1.807) is 0 Å². The highest BCUT2D eigenvalue weighted by atomic mass is 79.9. The lowest BCUT2D eigenvalue weighted by Crippen LogP contribution is -2.13. The first-order valence-corrected chi connectivity index (χ1v) is 6.84. The first-order chi connectivity index (χ1) is 7.71. The van der Waals surface area contributed by atoms with Gasteiger partial charge >= 0.3 is 0 Å². The van der Waals surface area contributed by atoms with Gasteiger partial charge in [0.1, 0.15) is 0 Å². The number of halogens is 1. The van der Waals surface area contributed by atoms with E-state index in [9.17, 15) is 4.79 Å². The van der Waals surface area contributed by atoms with Crippen LogP contribution in [0.2, 0.25) is 0 Å². The molecule has 1 rings (SSSR count).